The molecule has 2 unspecified atom stereocenters. The molecule has 0 spiro atoms. The summed E-state index contributed by atoms with van der Waals surface area (Å²) in [4.78, 5) is 55.9. The van der Waals surface area contributed by atoms with E-state index in [2.05, 4.69) is 21.2 Å². The molecule has 4 aromatic rings. The second-order valence-corrected chi connectivity index (χ2v) is 13.1. The molecule has 0 bridgehead atoms. The summed E-state index contributed by atoms with van der Waals surface area (Å²) in [7, 11) is 1.55. The predicted octanol–water partition coefficient (Wildman–Crippen LogP) is 5.22. The van der Waals surface area contributed by atoms with Gasteiger partial charge in [0.15, 0.2) is 11.5 Å². The summed E-state index contributed by atoms with van der Waals surface area (Å²) in [5.41, 5.74) is 1.59. The Morgan fingerprint density at radius 1 is 1.02 bits per heavy atom. The summed E-state index contributed by atoms with van der Waals surface area (Å²) in [6, 6.07) is 18.5. The van der Waals surface area contributed by atoms with E-state index in [0.29, 0.717) is 39.2 Å². The number of anilines is 2. The summed E-state index contributed by atoms with van der Waals surface area (Å²) in [5.74, 6) is -1.94. The fourth-order valence-electron chi connectivity index (χ4n) is 5.47. The number of nitrogens with one attached hydrogen (secondary N) is 1. The highest BCUT2D eigenvalue weighted by molar-refractivity contribution is 9.10. The molecule has 1 aromatic heterocycles. The number of rotatable bonds is 8. The molecule has 2 aliphatic rings. The molecular weight excluding hydrogens is 670 g/mol. The number of fused-ring (bicyclic) bond motifs is 2. The van der Waals surface area contributed by atoms with Crippen LogP contribution in [0.25, 0.3) is 0 Å². The van der Waals surface area contributed by atoms with Crippen LogP contribution >= 0.6 is 39.0 Å². The molecule has 3 amide bonds. The highest BCUT2D eigenvalue weighted by Gasteiger charge is 2.57. The first kappa shape index (κ1) is 30.0. The van der Waals surface area contributed by atoms with E-state index in [1.54, 1.807) is 74.7 Å². The minimum Gasteiger partial charge on any atom is -0.504 e. The first-order valence-corrected chi connectivity index (χ1v) is 16.1. The van der Waals surface area contributed by atoms with Crippen LogP contribution in [-0.2, 0) is 20.9 Å². The third-order valence-electron chi connectivity index (χ3n) is 7.45. The number of phenolic OH excluding ortho intramolecular Hbond substituents is 1. The van der Waals surface area contributed by atoms with Gasteiger partial charge in [-0.25, -0.2) is 4.90 Å². The van der Waals surface area contributed by atoms with E-state index in [1.807, 2.05) is 0 Å². The Balaban J connectivity index is 1.41. The van der Waals surface area contributed by atoms with Crippen molar-refractivity contribution in [3.63, 3.8) is 0 Å². The number of amides is 3. The van der Waals surface area contributed by atoms with E-state index < -0.39 is 28.9 Å². The molecule has 3 atom stereocenters. The lowest BCUT2D eigenvalue weighted by Gasteiger charge is -2.31. The number of hydrogen-bond acceptors (Lipinski definition) is 9. The number of nitrogens with zero attached hydrogens (tertiary/aromatic N) is 2. The van der Waals surface area contributed by atoms with Crippen molar-refractivity contribution in [1.29, 1.82) is 0 Å². The first-order valence-electron chi connectivity index (χ1n) is 13.6. The summed E-state index contributed by atoms with van der Waals surface area (Å²) in [6.45, 7) is 1.80. The number of halogens is 1. The van der Waals surface area contributed by atoms with Crippen LogP contribution in [0.2, 0.25) is 0 Å². The molecular formula is C31H26BrN3O7S2. The van der Waals surface area contributed by atoms with Crippen LogP contribution in [-0.4, -0.2) is 46.4 Å². The van der Waals surface area contributed by atoms with Crippen molar-refractivity contribution in [2.75, 3.05) is 23.9 Å². The van der Waals surface area contributed by atoms with E-state index in [9.17, 15) is 24.3 Å². The van der Waals surface area contributed by atoms with Gasteiger partial charge in [-0.2, -0.15) is 0 Å². The molecule has 1 saturated heterocycles. The number of imide groups is 1. The lowest BCUT2D eigenvalue weighted by Crippen LogP contribution is -2.33. The summed E-state index contributed by atoms with van der Waals surface area (Å²) in [6.07, 6.45) is 0. The van der Waals surface area contributed by atoms with Crippen LogP contribution in [0, 0.1) is 5.92 Å². The zero-order chi connectivity index (χ0) is 31.1. The van der Waals surface area contributed by atoms with Gasteiger partial charge in [-0.05, 0) is 73.2 Å². The molecule has 226 valence electrons. The number of methoxy groups -OCH3 is 1. The zero-order valence-electron chi connectivity index (χ0n) is 23.5. The van der Waals surface area contributed by atoms with E-state index >= 15 is 0 Å². The molecule has 3 aromatic carbocycles. The normalized spacial score (nSPS) is 19.0. The number of carbonyl (C=O) groups is 3. The third-order valence-corrected chi connectivity index (χ3v) is 10.6. The molecule has 0 saturated carbocycles. The van der Waals surface area contributed by atoms with Gasteiger partial charge in [0.05, 0.1) is 30.3 Å². The smallest absolute Gasteiger partial charge is 0.308 e. The largest absolute Gasteiger partial charge is 0.504 e. The summed E-state index contributed by atoms with van der Waals surface area (Å²) >= 11 is 5.47. The van der Waals surface area contributed by atoms with E-state index in [4.69, 9.17) is 9.47 Å². The molecule has 2 N–H and O–H groups in total. The van der Waals surface area contributed by atoms with E-state index in [0.717, 1.165) is 27.6 Å². The maximum Gasteiger partial charge on any atom is 0.308 e. The molecule has 0 radical (unpaired) electrons. The van der Waals surface area contributed by atoms with Crippen LogP contribution in [0.4, 0.5) is 11.4 Å². The number of ether oxygens (including phenoxy) is 2. The molecule has 44 heavy (non-hydrogen) atoms. The highest BCUT2D eigenvalue weighted by atomic mass is 79.9. The van der Waals surface area contributed by atoms with Gasteiger partial charge in [0, 0.05) is 21.0 Å². The van der Waals surface area contributed by atoms with Gasteiger partial charge in [-0.15, -0.1) is 0 Å². The van der Waals surface area contributed by atoms with Crippen molar-refractivity contribution in [1.82, 2.24) is 4.57 Å². The quantitative estimate of drug-likeness (QED) is 0.240. The molecule has 1 fully saturated rings. The molecule has 3 heterocycles. The van der Waals surface area contributed by atoms with Gasteiger partial charge in [-0.3, -0.25) is 23.7 Å². The van der Waals surface area contributed by atoms with Crippen LogP contribution in [0.15, 0.2) is 81.0 Å². The molecule has 6 rings (SSSR count). The van der Waals surface area contributed by atoms with Crippen molar-refractivity contribution in [2.24, 2.45) is 5.92 Å². The standard InChI is InChI=1S/C31H26BrN3O7S2/c1-3-42-22-14-16(4-13-21(22)36)24-25-26(29(39)35(28(25)38)19-9-5-17(32)6-10-19)43-30-27(24)44-31(40)34(30)15-23(37)33-18-7-11-20(41-2)12-8-18/h4-14,24-26,36H,3,15H2,1-2H3,(H,33,37)/t24-,25?,26?/m0/s1. The van der Waals surface area contributed by atoms with E-state index in [1.165, 1.54) is 15.5 Å². The van der Waals surface area contributed by atoms with Gasteiger partial charge < -0.3 is 19.9 Å². The number of hydrogen-bond donors (Lipinski definition) is 2. The maximum atomic E-state index is 14.1. The fourth-order valence-corrected chi connectivity index (χ4v) is 8.51. The van der Waals surface area contributed by atoms with Gasteiger partial charge in [0.2, 0.25) is 17.7 Å². The average molecular weight is 697 g/mol. The Morgan fingerprint density at radius 2 is 1.75 bits per heavy atom. The Kier molecular flexibility index (Phi) is 8.27. The Morgan fingerprint density at radius 3 is 2.43 bits per heavy atom. The maximum absolute atomic E-state index is 14.1. The number of aromatic hydroxyl groups is 1. The molecule has 10 nitrogen and oxygen atoms in total. The minimum atomic E-state index is -0.849. The van der Waals surface area contributed by atoms with Crippen LogP contribution in [0.1, 0.15) is 23.3 Å². The molecule has 0 aliphatic carbocycles. The van der Waals surface area contributed by atoms with Crippen molar-refractivity contribution in [2.45, 2.75) is 29.7 Å². The average Bonchev–Trinajstić information content (AvgIpc) is 3.45. The minimum absolute atomic E-state index is 0.0659. The number of aromatic nitrogens is 1. The number of phenols is 1. The van der Waals surface area contributed by atoms with Crippen LogP contribution in [0.3, 0.4) is 0 Å². The number of thiazole rings is 1. The first-order chi connectivity index (χ1) is 21.2. The number of carbonyl (C=O) groups excluding carboxylic acids is 3. The second kappa shape index (κ2) is 12.1. The van der Waals surface area contributed by atoms with Crippen LogP contribution < -0.4 is 24.6 Å². The third kappa shape index (κ3) is 5.39. The lowest BCUT2D eigenvalue weighted by molar-refractivity contribution is -0.122. The monoisotopic (exact) mass is 695 g/mol. The topological polar surface area (TPSA) is 127 Å². The Labute approximate surface area is 268 Å². The summed E-state index contributed by atoms with van der Waals surface area (Å²) in [5, 5.41) is 12.8. The number of benzene rings is 3. The fraction of sp³-hybridized carbons (Fsp3) is 0.226. The summed E-state index contributed by atoms with van der Waals surface area (Å²) < 4.78 is 12.9. The van der Waals surface area contributed by atoms with Gasteiger partial charge in [0.25, 0.3) is 0 Å². The Hall–Kier alpha value is -4.07. The van der Waals surface area contributed by atoms with Crippen LogP contribution in [0.5, 0.6) is 17.2 Å². The van der Waals surface area contributed by atoms with Gasteiger partial charge in [-0.1, -0.05) is 45.1 Å². The van der Waals surface area contributed by atoms with Crippen molar-refractivity contribution in [3.05, 3.63) is 91.3 Å². The van der Waals surface area contributed by atoms with Gasteiger partial charge >= 0.3 is 4.87 Å². The highest BCUT2D eigenvalue weighted by Crippen LogP contribution is 2.54. The Bertz CT molecular complexity index is 1820. The zero-order valence-corrected chi connectivity index (χ0v) is 26.7. The van der Waals surface area contributed by atoms with Gasteiger partial charge in [0.1, 0.15) is 17.5 Å². The lowest BCUT2D eigenvalue weighted by atomic mass is 9.83. The SMILES string of the molecule is CCOc1cc([C@@H]2c3sc(=O)n(CC(=O)Nc4ccc(OC)cc4)c3SC3C(=O)N(c4ccc(Br)cc4)C(=O)C32)ccc1O. The van der Waals surface area contributed by atoms with Crippen molar-refractivity contribution in [3.8, 4) is 17.2 Å². The predicted molar refractivity (Wildman–Crippen MR) is 171 cm³/mol. The number of thioether (sulfide) groups is 1. The molecule has 2 aliphatic heterocycles. The second-order valence-electron chi connectivity index (χ2n) is 10.1. The van der Waals surface area contributed by atoms with Crippen molar-refractivity contribution >= 4 is 68.1 Å². The molecule has 13 heteroatoms. The van der Waals surface area contributed by atoms with E-state index in [-0.39, 0.29) is 28.8 Å². The van der Waals surface area contributed by atoms with Crippen molar-refractivity contribution < 1.29 is 29.0 Å².